The van der Waals surface area contributed by atoms with E-state index in [2.05, 4.69) is 0 Å². The Morgan fingerprint density at radius 3 is 2.23 bits per heavy atom. The van der Waals surface area contributed by atoms with E-state index in [0.717, 1.165) is 30.3 Å². The largest absolute Gasteiger partial charge is 0.504 e. The number of carbonyl (C=O) groups is 2. The zero-order valence-corrected chi connectivity index (χ0v) is 12.8. The highest BCUT2D eigenvalue weighted by atomic mass is 19.4. The quantitative estimate of drug-likeness (QED) is 0.550. The number of aliphatic carboxylic acids is 1. The van der Waals surface area contributed by atoms with E-state index in [1.807, 2.05) is 0 Å². The standard InChI is InChI=1S/C17H11F3O6/c18-17(19,20)11-6-2-1-4-9(11)8-13(16(24)25)26-12-7-3-5-10(14(12)21)15(22)23/h1-8,21H,(H,22,23)(H,24,25)/b13-8-. The molecule has 0 saturated carbocycles. The molecule has 0 spiro atoms. The van der Waals surface area contributed by atoms with Gasteiger partial charge < -0.3 is 20.1 Å². The number of alkyl halides is 3. The van der Waals surface area contributed by atoms with Crippen molar-refractivity contribution in [2.24, 2.45) is 0 Å². The molecule has 0 unspecified atom stereocenters. The summed E-state index contributed by atoms with van der Waals surface area (Å²) >= 11 is 0. The number of aromatic hydroxyl groups is 1. The van der Waals surface area contributed by atoms with Crippen molar-refractivity contribution in [2.45, 2.75) is 6.18 Å². The molecule has 0 aliphatic rings. The van der Waals surface area contributed by atoms with Crippen LogP contribution in [0.1, 0.15) is 21.5 Å². The van der Waals surface area contributed by atoms with Gasteiger partial charge in [-0.05, 0) is 29.8 Å². The van der Waals surface area contributed by atoms with Gasteiger partial charge in [-0.3, -0.25) is 0 Å². The maximum Gasteiger partial charge on any atom is 0.416 e. The van der Waals surface area contributed by atoms with E-state index in [-0.39, 0.29) is 0 Å². The first-order valence-corrected chi connectivity index (χ1v) is 6.95. The van der Waals surface area contributed by atoms with Crippen LogP contribution in [0.3, 0.4) is 0 Å². The van der Waals surface area contributed by atoms with Gasteiger partial charge >= 0.3 is 18.1 Å². The van der Waals surface area contributed by atoms with Crippen LogP contribution in [0.2, 0.25) is 0 Å². The number of phenols is 1. The number of rotatable bonds is 5. The summed E-state index contributed by atoms with van der Waals surface area (Å²) in [5, 5.41) is 27.9. The summed E-state index contributed by atoms with van der Waals surface area (Å²) in [5.41, 5.74) is -2.10. The SMILES string of the molecule is O=C(O)/C(=C/c1ccccc1C(F)(F)F)Oc1cccc(C(=O)O)c1O. The summed E-state index contributed by atoms with van der Waals surface area (Å²) in [4.78, 5) is 22.3. The van der Waals surface area contributed by atoms with Crippen molar-refractivity contribution >= 4 is 18.0 Å². The van der Waals surface area contributed by atoms with Crippen LogP contribution in [0.15, 0.2) is 48.2 Å². The van der Waals surface area contributed by atoms with Gasteiger partial charge in [0.2, 0.25) is 5.76 Å². The molecule has 26 heavy (non-hydrogen) atoms. The lowest BCUT2D eigenvalue weighted by atomic mass is 10.1. The number of halogens is 3. The molecule has 2 rings (SSSR count). The predicted molar refractivity (Wildman–Crippen MR) is 82.8 cm³/mol. The van der Waals surface area contributed by atoms with Crippen molar-refractivity contribution in [3.8, 4) is 11.5 Å². The summed E-state index contributed by atoms with van der Waals surface area (Å²) in [6, 6.07) is 7.55. The molecule has 3 N–H and O–H groups in total. The van der Waals surface area contributed by atoms with E-state index >= 15 is 0 Å². The summed E-state index contributed by atoms with van der Waals surface area (Å²) < 4.78 is 44.0. The molecular weight excluding hydrogens is 357 g/mol. The van der Waals surface area contributed by atoms with Gasteiger partial charge in [-0.25, -0.2) is 9.59 Å². The first-order chi connectivity index (χ1) is 12.1. The van der Waals surface area contributed by atoms with Crippen molar-refractivity contribution < 1.29 is 42.8 Å². The molecule has 0 saturated heterocycles. The Morgan fingerprint density at radius 2 is 1.65 bits per heavy atom. The molecular formula is C17H11F3O6. The number of carboxylic acid groups (broad SMARTS) is 2. The molecule has 6 nitrogen and oxygen atoms in total. The summed E-state index contributed by atoms with van der Waals surface area (Å²) in [6.45, 7) is 0. The molecule has 2 aromatic carbocycles. The van der Waals surface area contributed by atoms with Gasteiger partial charge in [-0.2, -0.15) is 13.2 Å². The van der Waals surface area contributed by atoms with Crippen LogP contribution < -0.4 is 4.74 Å². The van der Waals surface area contributed by atoms with Gasteiger partial charge in [0.05, 0.1) is 5.56 Å². The van der Waals surface area contributed by atoms with Gasteiger partial charge in [0.15, 0.2) is 11.5 Å². The number of benzene rings is 2. The number of ether oxygens (including phenoxy) is 1. The number of carboxylic acids is 2. The highest BCUT2D eigenvalue weighted by Crippen LogP contribution is 2.34. The lowest BCUT2D eigenvalue weighted by Gasteiger charge is -2.12. The number of hydrogen-bond acceptors (Lipinski definition) is 4. The molecule has 0 aliphatic heterocycles. The van der Waals surface area contributed by atoms with Gasteiger partial charge in [-0.1, -0.05) is 24.3 Å². The Balaban J connectivity index is 2.50. The van der Waals surface area contributed by atoms with Crippen molar-refractivity contribution in [1.29, 1.82) is 0 Å². The van der Waals surface area contributed by atoms with E-state index < -0.39 is 52.1 Å². The fourth-order valence-electron chi connectivity index (χ4n) is 2.05. The van der Waals surface area contributed by atoms with E-state index in [1.165, 1.54) is 12.1 Å². The Kier molecular flexibility index (Phi) is 5.20. The summed E-state index contributed by atoms with van der Waals surface area (Å²) in [5.74, 6) is -5.50. The number of aromatic carboxylic acids is 1. The van der Waals surface area contributed by atoms with Crippen LogP contribution in [0.4, 0.5) is 13.2 Å². The maximum atomic E-state index is 13.0. The van der Waals surface area contributed by atoms with Gasteiger partial charge in [0.25, 0.3) is 0 Å². The van der Waals surface area contributed by atoms with Crippen molar-refractivity contribution in [3.05, 3.63) is 64.9 Å². The Morgan fingerprint density at radius 1 is 1.00 bits per heavy atom. The topological polar surface area (TPSA) is 104 Å². The van der Waals surface area contributed by atoms with E-state index in [4.69, 9.17) is 9.84 Å². The van der Waals surface area contributed by atoms with Crippen LogP contribution in [-0.4, -0.2) is 27.3 Å². The fraction of sp³-hybridized carbons (Fsp3) is 0.0588. The predicted octanol–water partition coefficient (Wildman–Crippen LogP) is 3.61. The van der Waals surface area contributed by atoms with E-state index in [1.54, 1.807) is 0 Å². The van der Waals surface area contributed by atoms with Crippen molar-refractivity contribution in [1.82, 2.24) is 0 Å². The second-order valence-corrected chi connectivity index (χ2v) is 4.96. The minimum Gasteiger partial charge on any atom is -0.504 e. The molecule has 0 aromatic heterocycles. The average molecular weight is 368 g/mol. The van der Waals surface area contributed by atoms with Crippen LogP contribution in [0.5, 0.6) is 11.5 Å². The van der Waals surface area contributed by atoms with Gasteiger partial charge in [-0.15, -0.1) is 0 Å². The van der Waals surface area contributed by atoms with Gasteiger partial charge in [0.1, 0.15) is 5.56 Å². The lowest BCUT2D eigenvalue weighted by molar-refractivity contribution is -0.138. The first kappa shape index (κ1) is 18.8. The third kappa shape index (κ3) is 4.12. The van der Waals surface area contributed by atoms with Crippen LogP contribution in [-0.2, 0) is 11.0 Å². The second-order valence-electron chi connectivity index (χ2n) is 4.96. The van der Waals surface area contributed by atoms with E-state index in [9.17, 15) is 33.0 Å². The minimum absolute atomic E-state index is 0.466. The minimum atomic E-state index is -4.72. The van der Waals surface area contributed by atoms with E-state index in [0.29, 0.717) is 6.08 Å². The summed E-state index contributed by atoms with van der Waals surface area (Å²) in [7, 11) is 0. The third-order valence-electron chi connectivity index (χ3n) is 3.21. The average Bonchev–Trinajstić information content (AvgIpc) is 2.55. The first-order valence-electron chi connectivity index (χ1n) is 6.95. The Hall–Kier alpha value is -3.49. The zero-order chi connectivity index (χ0) is 19.5. The Labute approximate surface area is 144 Å². The molecule has 0 bridgehead atoms. The van der Waals surface area contributed by atoms with Gasteiger partial charge in [0, 0.05) is 0 Å². The second kappa shape index (κ2) is 7.18. The highest BCUT2D eigenvalue weighted by molar-refractivity contribution is 5.93. The Bertz CT molecular complexity index is 886. The molecule has 0 heterocycles. The maximum absolute atomic E-state index is 13.0. The highest BCUT2D eigenvalue weighted by Gasteiger charge is 2.33. The molecule has 0 atom stereocenters. The molecule has 0 radical (unpaired) electrons. The lowest BCUT2D eigenvalue weighted by Crippen LogP contribution is -2.11. The van der Waals surface area contributed by atoms with Crippen molar-refractivity contribution in [3.63, 3.8) is 0 Å². The molecule has 0 amide bonds. The molecule has 0 aliphatic carbocycles. The monoisotopic (exact) mass is 368 g/mol. The molecule has 0 fully saturated rings. The zero-order valence-electron chi connectivity index (χ0n) is 12.8. The smallest absolute Gasteiger partial charge is 0.416 e. The summed E-state index contributed by atoms with van der Waals surface area (Å²) in [6.07, 6.45) is -4.08. The number of hydrogen-bond donors (Lipinski definition) is 3. The molecule has 2 aromatic rings. The van der Waals surface area contributed by atoms with Crippen molar-refractivity contribution in [2.75, 3.05) is 0 Å². The normalized spacial score (nSPS) is 11.9. The molecule has 136 valence electrons. The van der Waals surface area contributed by atoms with Crippen LogP contribution in [0.25, 0.3) is 6.08 Å². The number of para-hydroxylation sites is 1. The molecule has 9 heteroatoms. The van der Waals surface area contributed by atoms with Crippen LogP contribution in [0, 0.1) is 0 Å². The third-order valence-corrected chi connectivity index (χ3v) is 3.21. The fourth-order valence-corrected chi connectivity index (χ4v) is 2.05. The van der Waals surface area contributed by atoms with Crippen LogP contribution >= 0.6 is 0 Å².